The highest BCUT2D eigenvalue weighted by Crippen LogP contribution is 2.41. The Labute approximate surface area is 222 Å². The molecular weight excluding hydrogens is 488 g/mol. The second-order valence-corrected chi connectivity index (χ2v) is 10.6. The van der Waals surface area contributed by atoms with E-state index in [4.69, 9.17) is 23.7 Å². The van der Waals surface area contributed by atoms with E-state index in [-0.39, 0.29) is 23.0 Å². The first-order valence-corrected chi connectivity index (χ1v) is 12.0. The molecule has 0 aromatic heterocycles. The fraction of sp³-hybridized carbons (Fsp3) is 0.300. The van der Waals surface area contributed by atoms with Crippen LogP contribution in [0.25, 0.3) is 0 Å². The van der Waals surface area contributed by atoms with Gasteiger partial charge in [-0.3, -0.25) is 4.79 Å². The summed E-state index contributed by atoms with van der Waals surface area (Å²) in [5.74, 6) is 0.781. The van der Waals surface area contributed by atoms with E-state index < -0.39 is 29.1 Å². The molecule has 0 radical (unpaired) electrons. The molecular formula is C30H32O8. The number of rotatable bonds is 5. The second kappa shape index (κ2) is 11.4. The second-order valence-electron chi connectivity index (χ2n) is 10.6. The van der Waals surface area contributed by atoms with Crippen LogP contribution in [0.2, 0.25) is 0 Å². The van der Waals surface area contributed by atoms with Gasteiger partial charge in [-0.25, -0.2) is 9.59 Å². The van der Waals surface area contributed by atoms with E-state index in [0.717, 1.165) is 0 Å². The van der Waals surface area contributed by atoms with Crippen LogP contribution in [0.4, 0.5) is 9.59 Å². The van der Waals surface area contributed by atoms with Crippen molar-refractivity contribution in [2.24, 2.45) is 0 Å². The highest BCUT2D eigenvalue weighted by Gasteiger charge is 2.29. The lowest BCUT2D eigenvalue weighted by atomic mass is 9.81. The summed E-state index contributed by atoms with van der Waals surface area (Å²) in [6.07, 6.45) is -1.87. The minimum Gasteiger partial charge on any atom is -0.427 e. The Balaban J connectivity index is 1.91. The summed E-state index contributed by atoms with van der Waals surface area (Å²) < 4.78 is 27.0. The summed E-state index contributed by atoms with van der Waals surface area (Å²) in [6, 6.07) is 18.0. The van der Waals surface area contributed by atoms with Crippen molar-refractivity contribution in [2.45, 2.75) is 59.3 Å². The predicted octanol–water partition coefficient (Wildman–Crippen LogP) is 7.36. The maximum Gasteiger partial charge on any atom is 0.519 e. The number of hydrogen-bond acceptors (Lipinski definition) is 8. The number of benzene rings is 3. The maximum atomic E-state index is 12.8. The normalized spacial score (nSPS) is 11.3. The molecule has 0 saturated carbocycles. The highest BCUT2D eigenvalue weighted by atomic mass is 16.7. The Bertz CT molecular complexity index is 1310. The van der Waals surface area contributed by atoms with Crippen LogP contribution in [0.15, 0.2) is 66.7 Å². The van der Waals surface area contributed by atoms with Crippen LogP contribution in [-0.4, -0.2) is 18.3 Å². The summed E-state index contributed by atoms with van der Waals surface area (Å²) >= 11 is 0. The number of para-hydroxylation sites is 1. The fourth-order valence-electron chi connectivity index (χ4n) is 3.57. The van der Waals surface area contributed by atoms with Gasteiger partial charge in [0, 0.05) is 24.1 Å². The molecule has 0 heterocycles. The van der Waals surface area contributed by atoms with E-state index in [1.54, 1.807) is 48.5 Å². The van der Waals surface area contributed by atoms with Crippen LogP contribution in [-0.2, 0) is 15.6 Å². The molecule has 0 aliphatic rings. The first-order chi connectivity index (χ1) is 17.7. The highest BCUT2D eigenvalue weighted by molar-refractivity contribution is 5.72. The van der Waals surface area contributed by atoms with E-state index in [2.05, 4.69) is 0 Å². The Hall–Kier alpha value is -4.33. The van der Waals surface area contributed by atoms with Crippen molar-refractivity contribution in [3.05, 3.63) is 77.9 Å². The molecule has 8 heteroatoms. The van der Waals surface area contributed by atoms with Crippen molar-refractivity contribution < 1.29 is 38.1 Å². The molecule has 3 aromatic carbocycles. The van der Waals surface area contributed by atoms with Crippen LogP contribution in [0.1, 0.15) is 59.6 Å². The van der Waals surface area contributed by atoms with Gasteiger partial charge in [0.15, 0.2) is 0 Å². The minimum atomic E-state index is -0.979. The average molecular weight is 521 g/mol. The third-order valence-corrected chi connectivity index (χ3v) is 5.30. The number of carbonyl (C=O) groups excluding carboxylic acids is 3. The molecule has 3 aromatic rings. The lowest BCUT2D eigenvalue weighted by molar-refractivity contribution is -0.131. The first kappa shape index (κ1) is 28.2. The predicted molar refractivity (Wildman–Crippen MR) is 141 cm³/mol. The summed E-state index contributed by atoms with van der Waals surface area (Å²) in [6.45, 7) is 12.9. The topological polar surface area (TPSA) is 97.4 Å². The maximum absolute atomic E-state index is 12.8. The lowest BCUT2D eigenvalue weighted by Gasteiger charge is -2.28. The van der Waals surface area contributed by atoms with Crippen molar-refractivity contribution in [3.8, 4) is 28.7 Å². The van der Waals surface area contributed by atoms with Crippen molar-refractivity contribution in [1.82, 2.24) is 0 Å². The summed E-state index contributed by atoms with van der Waals surface area (Å²) in [5.41, 5.74) is 0.246. The zero-order valence-corrected chi connectivity index (χ0v) is 22.6. The summed E-state index contributed by atoms with van der Waals surface area (Å²) in [4.78, 5) is 36.6. The molecule has 0 bridgehead atoms. The van der Waals surface area contributed by atoms with Gasteiger partial charge < -0.3 is 23.7 Å². The Kier molecular flexibility index (Phi) is 8.46. The van der Waals surface area contributed by atoms with Gasteiger partial charge in [0.1, 0.15) is 28.7 Å². The van der Waals surface area contributed by atoms with Gasteiger partial charge in [-0.1, -0.05) is 65.8 Å². The molecule has 0 unspecified atom stereocenters. The molecule has 0 aliphatic heterocycles. The van der Waals surface area contributed by atoms with Gasteiger partial charge in [0.25, 0.3) is 0 Å². The Morgan fingerprint density at radius 3 is 1.39 bits per heavy atom. The molecule has 0 atom stereocenters. The zero-order chi connectivity index (χ0) is 28.1. The van der Waals surface area contributed by atoms with E-state index in [1.807, 2.05) is 47.6 Å². The third kappa shape index (κ3) is 7.83. The minimum absolute atomic E-state index is 0.144. The van der Waals surface area contributed by atoms with Gasteiger partial charge in [-0.2, -0.15) is 0 Å². The number of hydrogen-bond donors (Lipinski definition) is 0. The van der Waals surface area contributed by atoms with Gasteiger partial charge in [0.2, 0.25) is 0 Å². The smallest absolute Gasteiger partial charge is 0.427 e. The molecule has 38 heavy (non-hydrogen) atoms. The molecule has 0 N–H and O–H groups in total. The largest absolute Gasteiger partial charge is 0.519 e. The first-order valence-electron chi connectivity index (χ1n) is 12.0. The summed E-state index contributed by atoms with van der Waals surface area (Å²) in [5, 5.41) is 0. The SMILES string of the molecule is CC(=O)Oc1cccc(OC(=O)Oc2cc(C(C)(C)C)c(OC(=O)Oc3ccccc3)cc2C(C)(C)C)c1. The molecule has 0 spiro atoms. The number of ether oxygens (including phenoxy) is 5. The Morgan fingerprint density at radius 1 is 0.526 bits per heavy atom. The molecule has 3 rings (SSSR count). The van der Waals surface area contributed by atoms with Crippen molar-refractivity contribution >= 4 is 18.3 Å². The van der Waals surface area contributed by atoms with Crippen LogP contribution in [0.3, 0.4) is 0 Å². The van der Waals surface area contributed by atoms with Crippen molar-refractivity contribution in [2.75, 3.05) is 0 Å². The van der Waals surface area contributed by atoms with Crippen LogP contribution in [0.5, 0.6) is 28.7 Å². The zero-order valence-electron chi connectivity index (χ0n) is 22.6. The van der Waals surface area contributed by atoms with Crippen LogP contribution in [0, 0.1) is 0 Å². The van der Waals surface area contributed by atoms with E-state index in [9.17, 15) is 14.4 Å². The molecule has 8 nitrogen and oxygen atoms in total. The third-order valence-electron chi connectivity index (χ3n) is 5.30. The molecule has 200 valence electrons. The molecule has 0 fully saturated rings. The fourth-order valence-corrected chi connectivity index (χ4v) is 3.57. The van der Waals surface area contributed by atoms with Gasteiger partial charge in [-0.05, 0) is 47.2 Å². The van der Waals surface area contributed by atoms with Crippen molar-refractivity contribution in [3.63, 3.8) is 0 Å². The monoisotopic (exact) mass is 520 g/mol. The number of carbonyl (C=O) groups is 3. The molecule has 0 aliphatic carbocycles. The number of esters is 1. The van der Waals surface area contributed by atoms with Gasteiger partial charge in [0.05, 0.1) is 0 Å². The lowest BCUT2D eigenvalue weighted by Crippen LogP contribution is -2.23. The van der Waals surface area contributed by atoms with Crippen molar-refractivity contribution in [1.29, 1.82) is 0 Å². The summed E-state index contributed by atoms with van der Waals surface area (Å²) in [7, 11) is 0. The van der Waals surface area contributed by atoms with E-state index in [1.165, 1.54) is 19.1 Å². The van der Waals surface area contributed by atoms with Crippen LogP contribution < -0.4 is 23.7 Å². The van der Waals surface area contributed by atoms with E-state index >= 15 is 0 Å². The van der Waals surface area contributed by atoms with Gasteiger partial charge in [-0.15, -0.1) is 0 Å². The quantitative estimate of drug-likeness (QED) is 0.195. The van der Waals surface area contributed by atoms with Gasteiger partial charge >= 0.3 is 18.3 Å². The van der Waals surface area contributed by atoms with E-state index in [0.29, 0.717) is 16.9 Å². The Morgan fingerprint density at radius 2 is 0.947 bits per heavy atom. The molecule has 0 amide bonds. The molecule has 0 saturated heterocycles. The standard InChI is InChI=1S/C30H32O8/c1-19(31)34-21-14-11-15-22(16-21)36-28(33)38-26-18-23(29(2,3)4)25(17-24(26)30(5,6)7)37-27(32)35-20-12-9-8-10-13-20/h8-18H,1-7H3. The van der Waals surface area contributed by atoms with Crippen LogP contribution >= 0.6 is 0 Å². The average Bonchev–Trinajstić information content (AvgIpc) is 2.78.